The van der Waals surface area contributed by atoms with Crippen molar-refractivity contribution in [3.63, 3.8) is 0 Å². The minimum Gasteiger partial charge on any atom is -0.227 e. The lowest BCUT2D eigenvalue weighted by molar-refractivity contribution is 1.04. The molecule has 1 heterocycles. The van der Waals surface area contributed by atoms with Gasteiger partial charge in [0.2, 0.25) is 5.82 Å². The standard InChI is InChI=1S/C16H9N3/c17-8-16-18-9-14-13-6-11-4-2-1-3-10(11)5-12(13)7-15(14)19-16/h1-6,9H,7H2. The van der Waals surface area contributed by atoms with Crippen LogP contribution in [0.4, 0.5) is 0 Å². The van der Waals surface area contributed by atoms with Gasteiger partial charge in [0.15, 0.2) is 0 Å². The lowest BCUT2D eigenvalue weighted by Gasteiger charge is -2.03. The summed E-state index contributed by atoms with van der Waals surface area (Å²) in [4.78, 5) is 8.38. The highest BCUT2D eigenvalue weighted by molar-refractivity contribution is 5.91. The van der Waals surface area contributed by atoms with E-state index in [9.17, 15) is 0 Å². The SMILES string of the molecule is N#Cc1ncc2c(n1)Cc1cc3ccccc3cc1-2. The molecule has 19 heavy (non-hydrogen) atoms. The molecule has 0 saturated carbocycles. The molecule has 0 spiro atoms. The Kier molecular flexibility index (Phi) is 1.95. The van der Waals surface area contributed by atoms with Crippen molar-refractivity contribution in [2.75, 3.05) is 0 Å². The van der Waals surface area contributed by atoms with Crippen LogP contribution in [0, 0.1) is 11.3 Å². The average Bonchev–Trinajstić information content (AvgIpc) is 2.81. The van der Waals surface area contributed by atoms with E-state index >= 15 is 0 Å². The minimum absolute atomic E-state index is 0.246. The first-order valence-electron chi connectivity index (χ1n) is 6.13. The summed E-state index contributed by atoms with van der Waals surface area (Å²) in [7, 11) is 0. The maximum Gasteiger partial charge on any atom is 0.232 e. The minimum atomic E-state index is 0.246. The quantitative estimate of drug-likeness (QED) is 0.477. The topological polar surface area (TPSA) is 49.6 Å². The second-order valence-corrected chi connectivity index (χ2v) is 4.70. The summed E-state index contributed by atoms with van der Waals surface area (Å²) in [5.74, 6) is 0.246. The van der Waals surface area contributed by atoms with Crippen molar-refractivity contribution < 1.29 is 0 Å². The number of hydrogen-bond donors (Lipinski definition) is 0. The van der Waals surface area contributed by atoms with Crippen LogP contribution in [0.5, 0.6) is 0 Å². The summed E-state index contributed by atoms with van der Waals surface area (Å²) >= 11 is 0. The van der Waals surface area contributed by atoms with Gasteiger partial charge in [0.05, 0.1) is 5.69 Å². The molecule has 0 saturated heterocycles. The van der Waals surface area contributed by atoms with Crippen molar-refractivity contribution in [3.8, 4) is 17.2 Å². The Morgan fingerprint density at radius 1 is 1.05 bits per heavy atom. The Morgan fingerprint density at radius 2 is 1.84 bits per heavy atom. The van der Waals surface area contributed by atoms with Gasteiger partial charge in [0.25, 0.3) is 0 Å². The molecule has 0 radical (unpaired) electrons. The van der Waals surface area contributed by atoms with E-state index in [4.69, 9.17) is 5.26 Å². The lowest BCUT2D eigenvalue weighted by Crippen LogP contribution is -1.93. The van der Waals surface area contributed by atoms with Gasteiger partial charge in [-0.25, -0.2) is 9.97 Å². The fourth-order valence-corrected chi connectivity index (χ4v) is 2.70. The van der Waals surface area contributed by atoms with Crippen LogP contribution in [0.2, 0.25) is 0 Å². The highest BCUT2D eigenvalue weighted by Crippen LogP contribution is 2.37. The van der Waals surface area contributed by atoms with Gasteiger partial charge >= 0.3 is 0 Å². The van der Waals surface area contributed by atoms with Gasteiger partial charge in [0, 0.05) is 18.2 Å². The summed E-state index contributed by atoms with van der Waals surface area (Å²) < 4.78 is 0. The van der Waals surface area contributed by atoms with Crippen molar-refractivity contribution in [2.24, 2.45) is 0 Å². The zero-order valence-electron chi connectivity index (χ0n) is 10.1. The van der Waals surface area contributed by atoms with Crippen molar-refractivity contribution in [1.29, 1.82) is 5.26 Å². The van der Waals surface area contributed by atoms with Crippen LogP contribution >= 0.6 is 0 Å². The van der Waals surface area contributed by atoms with E-state index in [2.05, 4.69) is 34.2 Å². The summed E-state index contributed by atoms with van der Waals surface area (Å²) in [5, 5.41) is 11.3. The van der Waals surface area contributed by atoms with Gasteiger partial charge in [-0.15, -0.1) is 0 Å². The van der Waals surface area contributed by atoms with Crippen molar-refractivity contribution >= 4 is 10.8 Å². The molecule has 3 aromatic rings. The Bertz CT molecular complexity index is 859. The third-order valence-corrected chi connectivity index (χ3v) is 3.59. The molecule has 1 aliphatic carbocycles. The van der Waals surface area contributed by atoms with E-state index in [1.165, 1.54) is 21.9 Å². The molecule has 0 bridgehead atoms. The molecule has 0 amide bonds. The maximum absolute atomic E-state index is 8.87. The van der Waals surface area contributed by atoms with E-state index in [0.29, 0.717) is 0 Å². The predicted octanol–water partition coefficient (Wildman–Crippen LogP) is 3.07. The largest absolute Gasteiger partial charge is 0.232 e. The third-order valence-electron chi connectivity index (χ3n) is 3.59. The molecule has 3 nitrogen and oxygen atoms in total. The number of nitriles is 1. The molecule has 0 fully saturated rings. The molecule has 1 aromatic heterocycles. The molecular formula is C16H9N3. The molecule has 2 aromatic carbocycles. The van der Waals surface area contributed by atoms with Gasteiger partial charge in [-0.1, -0.05) is 30.3 Å². The van der Waals surface area contributed by atoms with Gasteiger partial charge in [-0.3, -0.25) is 0 Å². The fourth-order valence-electron chi connectivity index (χ4n) is 2.70. The van der Waals surface area contributed by atoms with Gasteiger partial charge < -0.3 is 0 Å². The Morgan fingerprint density at radius 3 is 2.63 bits per heavy atom. The molecule has 3 heteroatoms. The Labute approximate surface area is 110 Å². The van der Waals surface area contributed by atoms with Crippen LogP contribution in [0.25, 0.3) is 21.9 Å². The highest BCUT2D eigenvalue weighted by atomic mass is 14.9. The lowest BCUT2D eigenvalue weighted by atomic mass is 10.0. The fraction of sp³-hybridized carbons (Fsp3) is 0.0625. The van der Waals surface area contributed by atoms with Crippen molar-refractivity contribution in [3.05, 3.63) is 59.7 Å². The molecule has 0 atom stereocenters. The highest BCUT2D eigenvalue weighted by Gasteiger charge is 2.21. The van der Waals surface area contributed by atoms with E-state index in [0.717, 1.165) is 17.7 Å². The average molecular weight is 243 g/mol. The molecule has 4 rings (SSSR count). The summed E-state index contributed by atoms with van der Waals surface area (Å²) in [6.07, 6.45) is 2.55. The number of aromatic nitrogens is 2. The maximum atomic E-state index is 8.87. The normalized spacial score (nSPS) is 11.9. The molecular weight excluding hydrogens is 234 g/mol. The van der Waals surface area contributed by atoms with Crippen LogP contribution < -0.4 is 0 Å². The smallest absolute Gasteiger partial charge is 0.227 e. The number of fused-ring (bicyclic) bond motifs is 4. The molecule has 0 aliphatic heterocycles. The van der Waals surface area contributed by atoms with Crippen molar-refractivity contribution in [2.45, 2.75) is 6.42 Å². The first-order valence-corrected chi connectivity index (χ1v) is 6.13. The van der Waals surface area contributed by atoms with Gasteiger partial charge in [-0.05, 0) is 28.0 Å². The molecule has 88 valence electrons. The van der Waals surface area contributed by atoms with Crippen LogP contribution in [0.1, 0.15) is 17.1 Å². The van der Waals surface area contributed by atoms with E-state index in [1.807, 2.05) is 18.2 Å². The zero-order chi connectivity index (χ0) is 12.8. The Balaban J connectivity index is 1.99. The third kappa shape index (κ3) is 1.44. The van der Waals surface area contributed by atoms with Crippen LogP contribution in [0.15, 0.2) is 42.6 Å². The van der Waals surface area contributed by atoms with Crippen LogP contribution in [-0.2, 0) is 6.42 Å². The second-order valence-electron chi connectivity index (χ2n) is 4.70. The predicted molar refractivity (Wildman–Crippen MR) is 72.5 cm³/mol. The molecule has 0 unspecified atom stereocenters. The van der Waals surface area contributed by atoms with Crippen molar-refractivity contribution in [1.82, 2.24) is 9.97 Å². The first kappa shape index (κ1) is 10.2. The monoisotopic (exact) mass is 243 g/mol. The number of nitrogens with zero attached hydrogens (tertiary/aromatic N) is 3. The molecule has 1 aliphatic rings. The number of benzene rings is 2. The zero-order valence-corrected chi connectivity index (χ0v) is 10.1. The summed E-state index contributed by atoms with van der Waals surface area (Å²) in [5.41, 5.74) is 4.47. The second kappa shape index (κ2) is 3.63. The number of hydrogen-bond acceptors (Lipinski definition) is 3. The van der Waals surface area contributed by atoms with Gasteiger partial charge in [0.1, 0.15) is 6.07 Å². The van der Waals surface area contributed by atoms with Crippen LogP contribution in [0.3, 0.4) is 0 Å². The Hall–Kier alpha value is -2.73. The summed E-state index contributed by atoms with van der Waals surface area (Å²) in [6, 6.07) is 14.7. The van der Waals surface area contributed by atoms with E-state index in [1.54, 1.807) is 6.20 Å². The van der Waals surface area contributed by atoms with E-state index < -0.39 is 0 Å². The van der Waals surface area contributed by atoms with E-state index in [-0.39, 0.29) is 5.82 Å². The van der Waals surface area contributed by atoms with Gasteiger partial charge in [-0.2, -0.15) is 5.26 Å². The van der Waals surface area contributed by atoms with Crippen LogP contribution in [-0.4, -0.2) is 9.97 Å². The summed E-state index contributed by atoms with van der Waals surface area (Å²) in [6.45, 7) is 0. The number of rotatable bonds is 0. The first-order chi connectivity index (χ1) is 9.35. The molecule has 0 N–H and O–H groups in total.